The van der Waals surface area contributed by atoms with E-state index in [2.05, 4.69) is 10.3 Å². The molecule has 9 heteroatoms. The normalized spacial score (nSPS) is 11.2. The SMILES string of the molecule is O=C(Cn1c(=O)n(Cc2ccc(Cl)cc2)c(=O)c2ccccc21)Nc1nc2ccccc2s1. The second-order valence-corrected chi connectivity index (χ2v) is 8.91. The summed E-state index contributed by atoms with van der Waals surface area (Å²) >= 11 is 7.30. The largest absolute Gasteiger partial charge is 0.332 e. The zero-order valence-electron chi connectivity index (χ0n) is 17.2. The minimum Gasteiger partial charge on any atom is -0.300 e. The number of fused-ring (bicyclic) bond motifs is 2. The summed E-state index contributed by atoms with van der Waals surface area (Å²) in [5.74, 6) is -0.405. The van der Waals surface area contributed by atoms with Gasteiger partial charge in [-0.3, -0.25) is 18.7 Å². The molecule has 5 aromatic rings. The highest BCUT2D eigenvalue weighted by atomic mass is 35.5. The van der Waals surface area contributed by atoms with Crippen LogP contribution in [-0.2, 0) is 17.9 Å². The van der Waals surface area contributed by atoms with Gasteiger partial charge in [0.25, 0.3) is 5.56 Å². The summed E-state index contributed by atoms with van der Waals surface area (Å²) < 4.78 is 3.40. The van der Waals surface area contributed by atoms with Crippen LogP contribution >= 0.6 is 22.9 Å². The molecule has 5 rings (SSSR count). The van der Waals surface area contributed by atoms with Crippen molar-refractivity contribution in [3.05, 3.63) is 104 Å². The van der Waals surface area contributed by atoms with Gasteiger partial charge in [-0.15, -0.1) is 0 Å². The molecular weight excluding hydrogens is 460 g/mol. The third-order valence-electron chi connectivity index (χ3n) is 5.23. The van der Waals surface area contributed by atoms with Gasteiger partial charge in [0.1, 0.15) is 6.54 Å². The molecule has 33 heavy (non-hydrogen) atoms. The monoisotopic (exact) mass is 476 g/mol. The van der Waals surface area contributed by atoms with E-state index in [0.717, 1.165) is 20.3 Å². The molecule has 0 unspecified atom stereocenters. The van der Waals surface area contributed by atoms with Crippen molar-refractivity contribution in [3.63, 3.8) is 0 Å². The number of carbonyl (C=O) groups is 1. The van der Waals surface area contributed by atoms with Gasteiger partial charge in [-0.25, -0.2) is 9.78 Å². The van der Waals surface area contributed by atoms with Gasteiger partial charge >= 0.3 is 5.69 Å². The van der Waals surface area contributed by atoms with Crippen molar-refractivity contribution < 1.29 is 4.79 Å². The van der Waals surface area contributed by atoms with Gasteiger partial charge in [-0.05, 0) is 42.0 Å². The number of amides is 1. The van der Waals surface area contributed by atoms with Crippen LogP contribution in [0.5, 0.6) is 0 Å². The Morgan fingerprint density at radius 2 is 1.67 bits per heavy atom. The number of halogens is 1. The lowest BCUT2D eigenvalue weighted by molar-refractivity contribution is -0.116. The van der Waals surface area contributed by atoms with E-state index in [1.54, 1.807) is 48.5 Å². The van der Waals surface area contributed by atoms with Crippen molar-refractivity contribution in [1.82, 2.24) is 14.1 Å². The summed E-state index contributed by atoms with van der Waals surface area (Å²) in [5.41, 5.74) is 0.970. The second-order valence-electron chi connectivity index (χ2n) is 7.44. The van der Waals surface area contributed by atoms with Crippen molar-refractivity contribution in [2.75, 3.05) is 5.32 Å². The molecular formula is C24H17ClN4O3S. The Labute approximate surface area is 196 Å². The van der Waals surface area contributed by atoms with Gasteiger partial charge in [0.15, 0.2) is 5.13 Å². The predicted molar refractivity (Wildman–Crippen MR) is 131 cm³/mol. The van der Waals surface area contributed by atoms with E-state index >= 15 is 0 Å². The first-order chi connectivity index (χ1) is 16.0. The molecule has 0 saturated heterocycles. The molecule has 0 saturated carbocycles. The highest BCUT2D eigenvalue weighted by molar-refractivity contribution is 7.22. The molecule has 2 heterocycles. The highest BCUT2D eigenvalue weighted by Gasteiger charge is 2.16. The number of nitrogens with one attached hydrogen (secondary N) is 1. The fourth-order valence-corrected chi connectivity index (χ4v) is 4.67. The Morgan fingerprint density at radius 3 is 2.45 bits per heavy atom. The maximum Gasteiger partial charge on any atom is 0.332 e. The third kappa shape index (κ3) is 4.18. The van der Waals surface area contributed by atoms with Crippen LogP contribution in [0.2, 0.25) is 5.02 Å². The topological polar surface area (TPSA) is 86.0 Å². The molecule has 1 amide bonds. The average Bonchev–Trinajstić information content (AvgIpc) is 3.23. The molecule has 3 aromatic carbocycles. The Morgan fingerprint density at radius 1 is 0.939 bits per heavy atom. The first-order valence-corrected chi connectivity index (χ1v) is 11.3. The average molecular weight is 477 g/mol. The zero-order valence-corrected chi connectivity index (χ0v) is 18.8. The Bertz CT molecular complexity index is 1590. The second kappa shape index (κ2) is 8.65. The van der Waals surface area contributed by atoms with Crippen molar-refractivity contribution in [2.45, 2.75) is 13.1 Å². The van der Waals surface area contributed by atoms with E-state index in [4.69, 9.17) is 11.6 Å². The summed E-state index contributed by atoms with van der Waals surface area (Å²) in [5, 5.41) is 4.14. The van der Waals surface area contributed by atoms with Crippen LogP contribution < -0.4 is 16.6 Å². The van der Waals surface area contributed by atoms with Crippen molar-refractivity contribution >= 4 is 55.1 Å². The Kier molecular flexibility index (Phi) is 5.53. The number of nitrogens with zero attached hydrogens (tertiary/aromatic N) is 3. The molecule has 2 aromatic heterocycles. The number of aromatic nitrogens is 3. The van der Waals surface area contributed by atoms with E-state index in [0.29, 0.717) is 21.1 Å². The zero-order chi connectivity index (χ0) is 22.9. The van der Waals surface area contributed by atoms with Crippen LogP contribution in [0.15, 0.2) is 82.4 Å². The van der Waals surface area contributed by atoms with Crippen molar-refractivity contribution in [1.29, 1.82) is 0 Å². The smallest absolute Gasteiger partial charge is 0.300 e. The predicted octanol–water partition coefficient (Wildman–Crippen LogP) is 4.11. The lowest BCUT2D eigenvalue weighted by Gasteiger charge is -2.14. The number of anilines is 1. The lowest BCUT2D eigenvalue weighted by atomic mass is 10.2. The number of benzene rings is 3. The molecule has 1 N–H and O–H groups in total. The maximum absolute atomic E-state index is 13.3. The number of rotatable bonds is 5. The Hall–Kier alpha value is -3.75. The molecule has 0 spiro atoms. The van der Waals surface area contributed by atoms with Crippen LogP contribution in [0.1, 0.15) is 5.56 Å². The minimum absolute atomic E-state index is 0.0686. The Balaban J connectivity index is 1.52. The van der Waals surface area contributed by atoms with Crippen LogP contribution in [0, 0.1) is 0 Å². The molecule has 0 fully saturated rings. The molecule has 0 aliphatic carbocycles. The number of para-hydroxylation sites is 2. The summed E-state index contributed by atoms with van der Waals surface area (Å²) in [7, 11) is 0. The summed E-state index contributed by atoms with van der Waals surface area (Å²) in [4.78, 5) is 43.6. The first kappa shape index (κ1) is 21.1. The van der Waals surface area contributed by atoms with E-state index < -0.39 is 17.2 Å². The van der Waals surface area contributed by atoms with Gasteiger partial charge in [0.2, 0.25) is 5.91 Å². The molecule has 7 nitrogen and oxygen atoms in total. The number of thiazole rings is 1. The van der Waals surface area contributed by atoms with E-state index in [1.807, 2.05) is 24.3 Å². The van der Waals surface area contributed by atoms with Crippen LogP contribution in [0.25, 0.3) is 21.1 Å². The summed E-state index contributed by atoms with van der Waals surface area (Å²) in [6.45, 7) is -0.185. The maximum atomic E-state index is 13.3. The van der Waals surface area contributed by atoms with Crippen LogP contribution in [-0.4, -0.2) is 20.0 Å². The van der Waals surface area contributed by atoms with Gasteiger partial charge in [0, 0.05) is 5.02 Å². The van der Waals surface area contributed by atoms with Gasteiger partial charge in [0.05, 0.1) is 27.7 Å². The number of hydrogen-bond acceptors (Lipinski definition) is 5. The molecule has 164 valence electrons. The van der Waals surface area contributed by atoms with Gasteiger partial charge in [-0.2, -0.15) is 0 Å². The van der Waals surface area contributed by atoms with Crippen LogP contribution in [0.3, 0.4) is 0 Å². The molecule has 0 bridgehead atoms. The van der Waals surface area contributed by atoms with E-state index in [-0.39, 0.29) is 13.1 Å². The van der Waals surface area contributed by atoms with Gasteiger partial charge < -0.3 is 5.32 Å². The standard InChI is InChI=1S/C24H17ClN4O3S/c25-16-11-9-15(10-12-16)13-29-22(31)17-5-1-3-7-19(17)28(24(29)32)14-21(30)27-23-26-18-6-2-4-8-20(18)33-23/h1-12H,13-14H2,(H,26,27,30). The highest BCUT2D eigenvalue weighted by Crippen LogP contribution is 2.25. The van der Waals surface area contributed by atoms with E-state index in [9.17, 15) is 14.4 Å². The third-order valence-corrected chi connectivity index (χ3v) is 6.43. The van der Waals surface area contributed by atoms with Gasteiger partial charge in [-0.1, -0.05) is 59.3 Å². The fraction of sp³-hybridized carbons (Fsp3) is 0.0833. The molecule has 0 aliphatic rings. The number of carbonyl (C=O) groups excluding carboxylic acids is 1. The summed E-state index contributed by atoms with van der Waals surface area (Å²) in [6, 6.07) is 21.3. The number of hydrogen-bond donors (Lipinski definition) is 1. The fourth-order valence-electron chi connectivity index (χ4n) is 3.66. The minimum atomic E-state index is -0.562. The summed E-state index contributed by atoms with van der Waals surface area (Å²) in [6.07, 6.45) is 0. The van der Waals surface area contributed by atoms with Crippen LogP contribution in [0.4, 0.5) is 5.13 Å². The van der Waals surface area contributed by atoms with E-state index in [1.165, 1.54) is 15.9 Å². The quantitative estimate of drug-likeness (QED) is 0.413. The molecule has 0 atom stereocenters. The molecule has 0 radical (unpaired) electrons. The lowest BCUT2D eigenvalue weighted by Crippen LogP contribution is -2.42. The molecule has 0 aliphatic heterocycles. The van der Waals surface area contributed by atoms with Crippen molar-refractivity contribution in [2.24, 2.45) is 0 Å². The van der Waals surface area contributed by atoms with Crippen molar-refractivity contribution in [3.8, 4) is 0 Å². The first-order valence-electron chi connectivity index (χ1n) is 10.1.